The lowest BCUT2D eigenvalue weighted by molar-refractivity contribution is -0.123. The minimum absolute atomic E-state index is 0.313. The van der Waals surface area contributed by atoms with Crippen LogP contribution in [0.25, 0.3) is 5.69 Å². The summed E-state index contributed by atoms with van der Waals surface area (Å²) >= 11 is 0. The van der Waals surface area contributed by atoms with E-state index in [1.165, 1.54) is 23.0 Å². The average Bonchev–Trinajstić information content (AvgIpc) is 3.29. The van der Waals surface area contributed by atoms with Gasteiger partial charge in [-0.1, -0.05) is 18.2 Å². The van der Waals surface area contributed by atoms with Crippen LogP contribution in [0.3, 0.4) is 0 Å². The minimum atomic E-state index is -1.47. The molecule has 1 amide bonds. The Morgan fingerprint density at radius 2 is 1.97 bits per heavy atom. The molecule has 166 valence electrons. The SMILES string of the molecule is [B]C(C)(O)C(C)N(C=O)CCOc1cc(C)c(Cc2ccc(-n3cccn3)cc2)cc1C. The van der Waals surface area contributed by atoms with Crippen molar-refractivity contribution >= 4 is 14.3 Å². The molecule has 0 spiro atoms. The van der Waals surface area contributed by atoms with Gasteiger partial charge in [0.15, 0.2) is 0 Å². The predicted molar refractivity (Wildman–Crippen MR) is 126 cm³/mol. The van der Waals surface area contributed by atoms with E-state index < -0.39 is 11.5 Å². The minimum Gasteiger partial charge on any atom is -0.491 e. The number of amides is 1. The molecule has 1 heterocycles. The molecule has 2 atom stereocenters. The lowest BCUT2D eigenvalue weighted by Gasteiger charge is -2.34. The van der Waals surface area contributed by atoms with Gasteiger partial charge in [-0.3, -0.25) is 4.79 Å². The Morgan fingerprint density at radius 3 is 2.56 bits per heavy atom. The number of ether oxygens (including phenoxy) is 1. The van der Waals surface area contributed by atoms with Gasteiger partial charge in [0.05, 0.1) is 12.2 Å². The fraction of sp³-hybridized carbons (Fsp3) is 0.360. The quantitative estimate of drug-likeness (QED) is 0.396. The van der Waals surface area contributed by atoms with Gasteiger partial charge in [-0.2, -0.15) is 5.10 Å². The van der Waals surface area contributed by atoms with Gasteiger partial charge in [0.1, 0.15) is 20.2 Å². The van der Waals surface area contributed by atoms with Crippen molar-refractivity contribution in [1.82, 2.24) is 14.7 Å². The summed E-state index contributed by atoms with van der Waals surface area (Å²) in [6, 6.07) is 14.0. The molecule has 0 fully saturated rings. The third-order valence-electron chi connectivity index (χ3n) is 5.82. The number of hydrogen-bond donors (Lipinski definition) is 1. The predicted octanol–water partition coefficient (Wildman–Crippen LogP) is 3.18. The first-order chi connectivity index (χ1) is 15.2. The van der Waals surface area contributed by atoms with Crippen LogP contribution in [-0.4, -0.2) is 58.7 Å². The molecule has 0 aliphatic carbocycles. The largest absolute Gasteiger partial charge is 0.491 e. The van der Waals surface area contributed by atoms with Gasteiger partial charge < -0.3 is 14.7 Å². The Balaban J connectivity index is 1.63. The molecule has 0 saturated carbocycles. The number of aliphatic hydroxyl groups is 1. The van der Waals surface area contributed by atoms with Gasteiger partial charge in [0.25, 0.3) is 0 Å². The van der Waals surface area contributed by atoms with Gasteiger partial charge in [-0.05, 0) is 80.6 Å². The van der Waals surface area contributed by atoms with Crippen molar-refractivity contribution in [1.29, 1.82) is 0 Å². The maximum atomic E-state index is 11.4. The molecule has 1 N–H and O–H groups in total. The van der Waals surface area contributed by atoms with Gasteiger partial charge in [0, 0.05) is 23.9 Å². The van der Waals surface area contributed by atoms with E-state index >= 15 is 0 Å². The maximum absolute atomic E-state index is 11.4. The van der Waals surface area contributed by atoms with Gasteiger partial charge in [0.2, 0.25) is 6.41 Å². The Kier molecular flexibility index (Phi) is 7.41. The molecule has 0 bridgehead atoms. The second-order valence-corrected chi connectivity index (χ2v) is 8.43. The Labute approximate surface area is 191 Å². The highest BCUT2D eigenvalue weighted by molar-refractivity contribution is 6.14. The van der Waals surface area contributed by atoms with Crippen molar-refractivity contribution in [3.8, 4) is 11.4 Å². The zero-order chi connectivity index (χ0) is 23.3. The first-order valence-electron chi connectivity index (χ1n) is 10.7. The summed E-state index contributed by atoms with van der Waals surface area (Å²) < 4.78 is 7.78. The van der Waals surface area contributed by atoms with Gasteiger partial charge in [-0.25, -0.2) is 4.68 Å². The van der Waals surface area contributed by atoms with Crippen LogP contribution in [-0.2, 0) is 11.2 Å². The Morgan fingerprint density at radius 1 is 1.25 bits per heavy atom. The summed E-state index contributed by atoms with van der Waals surface area (Å²) in [7, 11) is 5.70. The molecule has 3 rings (SSSR count). The standard InChI is InChI=1S/C25H30BN3O3/c1-18-15-24(32-13-12-28(17-30)20(3)25(4,26)31)19(2)14-22(18)16-21-6-8-23(9-7-21)29-11-5-10-27-29/h5-11,14-15,17,20,31H,12-13,16H2,1-4H3. The smallest absolute Gasteiger partial charge is 0.210 e. The first-order valence-corrected chi connectivity index (χ1v) is 10.7. The number of aryl methyl sites for hydroxylation is 2. The molecule has 0 aliphatic heterocycles. The normalized spacial score (nSPS) is 13.9. The summed E-state index contributed by atoms with van der Waals surface area (Å²) in [6.45, 7) is 7.93. The third-order valence-corrected chi connectivity index (χ3v) is 5.82. The number of hydrogen-bond acceptors (Lipinski definition) is 4. The molecule has 32 heavy (non-hydrogen) atoms. The molecular weight excluding hydrogens is 401 g/mol. The van der Waals surface area contributed by atoms with Crippen LogP contribution in [0, 0.1) is 13.8 Å². The molecule has 3 aromatic rings. The van der Waals surface area contributed by atoms with E-state index in [9.17, 15) is 9.90 Å². The summed E-state index contributed by atoms with van der Waals surface area (Å²) in [5.74, 6) is 0.790. The number of nitrogens with zero attached hydrogens (tertiary/aromatic N) is 3. The number of carbonyl (C=O) groups excluding carboxylic acids is 1. The van der Waals surface area contributed by atoms with Crippen molar-refractivity contribution < 1.29 is 14.6 Å². The second-order valence-electron chi connectivity index (χ2n) is 8.43. The highest BCUT2D eigenvalue weighted by Crippen LogP contribution is 2.25. The zero-order valence-electron chi connectivity index (χ0n) is 19.2. The number of benzene rings is 2. The molecule has 0 saturated heterocycles. The highest BCUT2D eigenvalue weighted by atomic mass is 16.5. The maximum Gasteiger partial charge on any atom is 0.210 e. The van der Waals surface area contributed by atoms with E-state index in [1.54, 1.807) is 13.1 Å². The molecular formula is C25H30BN3O3. The van der Waals surface area contributed by atoms with Gasteiger partial charge in [-0.15, -0.1) is 0 Å². The summed E-state index contributed by atoms with van der Waals surface area (Å²) in [5.41, 5.74) is 4.21. The summed E-state index contributed by atoms with van der Waals surface area (Å²) in [4.78, 5) is 12.8. The van der Waals surface area contributed by atoms with Gasteiger partial charge >= 0.3 is 0 Å². The Bertz CT molecular complexity index is 1030. The molecule has 2 radical (unpaired) electrons. The molecule has 2 aromatic carbocycles. The Hall–Kier alpha value is -3.06. The third kappa shape index (κ3) is 5.80. The van der Waals surface area contributed by atoms with Crippen LogP contribution < -0.4 is 4.74 Å². The van der Waals surface area contributed by atoms with E-state index in [-0.39, 0.29) is 0 Å². The number of aromatic nitrogens is 2. The summed E-state index contributed by atoms with van der Waals surface area (Å²) in [6.07, 6.45) is 5.21. The lowest BCUT2D eigenvalue weighted by Crippen LogP contribution is -2.50. The fourth-order valence-electron chi connectivity index (χ4n) is 3.54. The van der Waals surface area contributed by atoms with Crippen LogP contribution in [0.5, 0.6) is 5.75 Å². The van der Waals surface area contributed by atoms with Crippen molar-refractivity contribution in [3.05, 3.63) is 77.1 Å². The van der Waals surface area contributed by atoms with Crippen molar-refractivity contribution in [2.45, 2.75) is 45.7 Å². The molecule has 6 nitrogen and oxygen atoms in total. The van der Waals surface area contributed by atoms with E-state index in [0.29, 0.717) is 19.6 Å². The topological polar surface area (TPSA) is 67.6 Å². The van der Waals surface area contributed by atoms with E-state index in [0.717, 1.165) is 29.0 Å². The monoisotopic (exact) mass is 431 g/mol. The van der Waals surface area contributed by atoms with Crippen LogP contribution in [0.15, 0.2) is 54.9 Å². The van der Waals surface area contributed by atoms with Crippen molar-refractivity contribution in [3.63, 3.8) is 0 Å². The molecule has 7 heteroatoms. The second kappa shape index (κ2) is 10.0. The van der Waals surface area contributed by atoms with Crippen molar-refractivity contribution in [2.24, 2.45) is 0 Å². The van der Waals surface area contributed by atoms with Crippen LogP contribution >= 0.6 is 0 Å². The van der Waals surface area contributed by atoms with Crippen LogP contribution in [0.2, 0.25) is 0 Å². The van der Waals surface area contributed by atoms with Crippen LogP contribution in [0.4, 0.5) is 0 Å². The van der Waals surface area contributed by atoms with E-state index in [2.05, 4.69) is 42.4 Å². The van der Waals surface area contributed by atoms with E-state index in [1.807, 2.05) is 29.9 Å². The van der Waals surface area contributed by atoms with Crippen LogP contribution in [0.1, 0.15) is 36.1 Å². The number of rotatable bonds is 10. The fourth-order valence-corrected chi connectivity index (χ4v) is 3.54. The zero-order valence-corrected chi connectivity index (χ0v) is 19.2. The number of carbonyl (C=O) groups is 1. The molecule has 2 unspecified atom stereocenters. The highest BCUT2D eigenvalue weighted by Gasteiger charge is 2.26. The summed E-state index contributed by atoms with van der Waals surface area (Å²) in [5, 5.41) is 14.2. The average molecular weight is 431 g/mol. The van der Waals surface area contributed by atoms with Crippen molar-refractivity contribution in [2.75, 3.05) is 13.2 Å². The van der Waals surface area contributed by atoms with E-state index in [4.69, 9.17) is 12.6 Å². The molecule has 0 aliphatic rings. The first kappa shape index (κ1) is 23.6. The lowest BCUT2D eigenvalue weighted by atomic mass is 9.77. The molecule has 1 aromatic heterocycles.